The minimum absolute atomic E-state index is 0.166. The van der Waals surface area contributed by atoms with Crippen molar-refractivity contribution in [1.82, 2.24) is 14.8 Å². The summed E-state index contributed by atoms with van der Waals surface area (Å²) in [5, 5.41) is 8.69. The molecule has 1 N–H and O–H groups in total. The lowest BCUT2D eigenvalue weighted by Gasteiger charge is -2.32. The molecule has 5 rings (SSSR count). The van der Waals surface area contributed by atoms with Gasteiger partial charge in [-0.25, -0.2) is 4.68 Å². The SMILES string of the molecule is O=C1CCCC2=C1[C@H](c1cccc(Br)c1)n1nc(-c3ccccc3Cl)nc1N2. The maximum atomic E-state index is 12.8. The van der Waals surface area contributed by atoms with Crippen molar-refractivity contribution in [3.8, 4) is 11.4 Å². The Labute approximate surface area is 175 Å². The summed E-state index contributed by atoms with van der Waals surface area (Å²) in [5.41, 5.74) is 3.50. The van der Waals surface area contributed by atoms with E-state index in [1.165, 1.54) is 0 Å². The molecule has 1 aliphatic carbocycles. The number of Topliss-reactive ketones (excluding diaryl/α,β-unsaturated/α-hetero) is 1. The Bertz CT molecular complexity index is 1140. The van der Waals surface area contributed by atoms with E-state index in [0.29, 0.717) is 23.2 Å². The molecule has 0 saturated carbocycles. The van der Waals surface area contributed by atoms with E-state index in [-0.39, 0.29) is 11.8 Å². The molecular formula is C21H16BrClN4O. The number of nitrogens with zero attached hydrogens (tertiary/aromatic N) is 3. The highest BCUT2D eigenvalue weighted by atomic mass is 79.9. The third-order valence-corrected chi connectivity index (χ3v) is 5.97. The van der Waals surface area contributed by atoms with E-state index in [4.69, 9.17) is 21.7 Å². The zero-order valence-electron chi connectivity index (χ0n) is 14.8. The van der Waals surface area contributed by atoms with Crippen LogP contribution in [0, 0.1) is 0 Å². The molecule has 0 bridgehead atoms. The Hall–Kier alpha value is -2.44. The van der Waals surface area contributed by atoms with Gasteiger partial charge in [-0.15, -0.1) is 5.10 Å². The van der Waals surface area contributed by atoms with Gasteiger partial charge in [0.15, 0.2) is 11.6 Å². The summed E-state index contributed by atoms with van der Waals surface area (Å²) in [6.45, 7) is 0. The number of carbonyl (C=O) groups excluding carboxylic acids is 1. The first-order valence-corrected chi connectivity index (χ1v) is 10.3. The molecule has 1 aliphatic heterocycles. The number of halogens is 2. The highest BCUT2D eigenvalue weighted by Crippen LogP contribution is 2.41. The molecule has 3 aromatic rings. The number of fused-ring (bicyclic) bond motifs is 1. The Morgan fingerprint density at radius 1 is 1.14 bits per heavy atom. The summed E-state index contributed by atoms with van der Waals surface area (Å²) in [7, 11) is 0. The number of hydrogen-bond acceptors (Lipinski definition) is 4. The quantitative estimate of drug-likeness (QED) is 0.563. The zero-order valence-corrected chi connectivity index (χ0v) is 17.2. The average Bonchev–Trinajstić information content (AvgIpc) is 3.10. The van der Waals surface area contributed by atoms with Crippen molar-refractivity contribution >= 4 is 39.3 Å². The number of ketones is 1. The molecular weight excluding hydrogens is 440 g/mol. The molecule has 2 heterocycles. The summed E-state index contributed by atoms with van der Waals surface area (Å²) in [5.74, 6) is 1.34. The van der Waals surface area contributed by atoms with Crippen LogP contribution in [0.3, 0.4) is 0 Å². The third-order valence-electron chi connectivity index (χ3n) is 5.15. The van der Waals surface area contributed by atoms with Gasteiger partial charge in [0.2, 0.25) is 5.95 Å². The van der Waals surface area contributed by atoms with E-state index in [0.717, 1.165) is 39.7 Å². The van der Waals surface area contributed by atoms with Crippen molar-refractivity contribution in [1.29, 1.82) is 0 Å². The van der Waals surface area contributed by atoms with E-state index >= 15 is 0 Å². The second kappa shape index (κ2) is 6.87. The smallest absolute Gasteiger partial charge is 0.226 e. The van der Waals surface area contributed by atoms with Crippen LogP contribution in [0.25, 0.3) is 11.4 Å². The van der Waals surface area contributed by atoms with Crippen molar-refractivity contribution in [3.05, 3.63) is 74.9 Å². The molecule has 5 nitrogen and oxygen atoms in total. The van der Waals surface area contributed by atoms with Crippen LogP contribution in [0.1, 0.15) is 30.9 Å². The van der Waals surface area contributed by atoms with Crippen LogP contribution in [-0.2, 0) is 4.79 Å². The summed E-state index contributed by atoms with van der Waals surface area (Å²) in [6, 6.07) is 15.2. The minimum atomic E-state index is -0.305. The molecule has 140 valence electrons. The number of aromatic nitrogens is 3. The Morgan fingerprint density at radius 3 is 2.82 bits per heavy atom. The highest BCUT2D eigenvalue weighted by molar-refractivity contribution is 9.10. The van der Waals surface area contributed by atoms with Gasteiger partial charge in [0.25, 0.3) is 0 Å². The fraction of sp³-hybridized carbons (Fsp3) is 0.190. The molecule has 1 aromatic heterocycles. The van der Waals surface area contributed by atoms with Crippen LogP contribution >= 0.6 is 27.5 Å². The van der Waals surface area contributed by atoms with E-state index in [9.17, 15) is 4.79 Å². The van der Waals surface area contributed by atoms with Gasteiger partial charge in [-0.05, 0) is 42.7 Å². The van der Waals surface area contributed by atoms with Crippen molar-refractivity contribution in [2.75, 3.05) is 5.32 Å². The highest BCUT2D eigenvalue weighted by Gasteiger charge is 2.37. The third kappa shape index (κ3) is 2.88. The summed E-state index contributed by atoms with van der Waals surface area (Å²) >= 11 is 9.91. The van der Waals surface area contributed by atoms with Crippen LogP contribution in [0.2, 0.25) is 5.02 Å². The minimum Gasteiger partial charge on any atom is -0.328 e. The van der Waals surface area contributed by atoms with Gasteiger partial charge in [0.1, 0.15) is 6.04 Å². The maximum absolute atomic E-state index is 12.8. The normalized spacial score (nSPS) is 18.5. The summed E-state index contributed by atoms with van der Waals surface area (Å²) < 4.78 is 2.77. The molecule has 2 aliphatic rings. The van der Waals surface area contributed by atoms with E-state index in [1.807, 2.05) is 53.2 Å². The molecule has 0 fully saturated rings. The lowest BCUT2D eigenvalue weighted by molar-refractivity contribution is -0.116. The number of hydrogen-bond donors (Lipinski definition) is 1. The Morgan fingerprint density at radius 2 is 2.00 bits per heavy atom. The molecule has 0 unspecified atom stereocenters. The lowest BCUT2D eigenvalue weighted by atomic mass is 9.85. The van der Waals surface area contributed by atoms with E-state index in [2.05, 4.69) is 21.2 Å². The zero-order chi connectivity index (χ0) is 19.3. The molecule has 0 amide bonds. The molecule has 0 saturated heterocycles. The number of nitrogens with one attached hydrogen (secondary N) is 1. The molecule has 28 heavy (non-hydrogen) atoms. The second-order valence-corrected chi connectivity index (χ2v) is 8.26. The van der Waals surface area contributed by atoms with Crippen LogP contribution < -0.4 is 5.32 Å². The first kappa shape index (κ1) is 17.6. The van der Waals surface area contributed by atoms with Crippen LogP contribution in [-0.4, -0.2) is 20.5 Å². The number of allylic oxidation sites excluding steroid dienone is 2. The number of anilines is 1. The van der Waals surface area contributed by atoms with Crippen LogP contribution in [0.5, 0.6) is 0 Å². The summed E-state index contributed by atoms with van der Waals surface area (Å²) in [4.78, 5) is 17.5. The topological polar surface area (TPSA) is 59.8 Å². The van der Waals surface area contributed by atoms with Gasteiger partial charge >= 0.3 is 0 Å². The predicted molar refractivity (Wildman–Crippen MR) is 112 cm³/mol. The van der Waals surface area contributed by atoms with Crippen molar-refractivity contribution < 1.29 is 4.79 Å². The molecule has 2 aromatic carbocycles. The van der Waals surface area contributed by atoms with Gasteiger partial charge < -0.3 is 5.32 Å². The fourth-order valence-corrected chi connectivity index (χ4v) is 4.53. The first-order valence-electron chi connectivity index (χ1n) is 9.12. The van der Waals surface area contributed by atoms with Crippen molar-refractivity contribution in [2.45, 2.75) is 25.3 Å². The van der Waals surface area contributed by atoms with Crippen LogP contribution in [0.15, 0.2) is 64.3 Å². The molecule has 0 radical (unpaired) electrons. The number of benzene rings is 2. The second-order valence-electron chi connectivity index (χ2n) is 6.93. The van der Waals surface area contributed by atoms with Crippen LogP contribution in [0.4, 0.5) is 5.95 Å². The number of rotatable bonds is 2. The predicted octanol–water partition coefficient (Wildman–Crippen LogP) is 5.38. The molecule has 1 atom stereocenters. The largest absolute Gasteiger partial charge is 0.328 e. The van der Waals surface area contributed by atoms with Crippen molar-refractivity contribution in [3.63, 3.8) is 0 Å². The van der Waals surface area contributed by atoms with Gasteiger partial charge in [0.05, 0.1) is 5.02 Å². The van der Waals surface area contributed by atoms with E-state index in [1.54, 1.807) is 0 Å². The van der Waals surface area contributed by atoms with Gasteiger partial charge in [-0.2, -0.15) is 4.98 Å². The van der Waals surface area contributed by atoms with E-state index < -0.39 is 0 Å². The number of carbonyl (C=O) groups is 1. The van der Waals surface area contributed by atoms with Gasteiger partial charge in [0, 0.05) is 27.7 Å². The Balaban J connectivity index is 1.71. The Kier molecular flexibility index (Phi) is 4.33. The summed E-state index contributed by atoms with van der Waals surface area (Å²) in [6.07, 6.45) is 2.24. The molecule has 7 heteroatoms. The fourth-order valence-electron chi connectivity index (χ4n) is 3.90. The monoisotopic (exact) mass is 454 g/mol. The standard InChI is InChI=1S/C21H16BrClN4O/c22-13-6-3-5-12(11-13)19-18-16(9-4-10-17(18)28)24-21-25-20(26-27(19)21)14-7-1-2-8-15(14)23/h1-3,5-8,11,19H,4,9-10H2,(H,24,25,26)/t19-/m0/s1. The van der Waals surface area contributed by atoms with Gasteiger partial charge in [-0.3, -0.25) is 4.79 Å². The average molecular weight is 456 g/mol. The first-order chi connectivity index (χ1) is 13.6. The van der Waals surface area contributed by atoms with Gasteiger partial charge in [-0.1, -0.05) is 51.8 Å². The maximum Gasteiger partial charge on any atom is 0.226 e. The molecule has 0 spiro atoms. The van der Waals surface area contributed by atoms with Crippen molar-refractivity contribution in [2.24, 2.45) is 0 Å². The lowest BCUT2D eigenvalue weighted by Crippen LogP contribution is -2.31.